The number of halogens is 1. The molecule has 1 atom stereocenters. The number of amides is 2. The van der Waals surface area contributed by atoms with Crippen LogP contribution < -0.4 is 10.6 Å². The Hall–Kier alpha value is -2.79. The number of carbonyl (C=O) groups is 2. The van der Waals surface area contributed by atoms with Crippen LogP contribution in [0.15, 0.2) is 54.7 Å². The van der Waals surface area contributed by atoms with Gasteiger partial charge in [0.15, 0.2) is 0 Å². The predicted octanol–water partition coefficient (Wildman–Crippen LogP) is 3.30. The lowest BCUT2D eigenvalue weighted by Crippen LogP contribution is -2.45. The molecule has 134 valence electrons. The molecule has 0 aliphatic carbocycles. The molecule has 2 aromatic carbocycles. The molecule has 0 bridgehead atoms. The molecular weight excluding hydrogens is 350 g/mol. The van der Waals surface area contributed by atoms with E-state index in [4.69, 9.17) is 11.6 Å². The Kier molecular flexibility index (Phi) is 5.58. The summed E-state index contributed by atoms with van der Waals surface area (Å²) in [5, 5.41) is 7.27. The lowest BCUT2D eigenvalue weighted by molar-refractivity contribution is -0.122. The smallest absolute Gasteiger partial charge is 0.251 e. The first-order valence-electron chi connectivity index (χ1n) is 8.44. The summed E-state index contributed by atoms with van der Waals surface area (Å²) in [6, 6.07) is 14.0. The van der Waals surface area contributed by atoms with Crippen molar-refractivity contribution in [3.63, 3.8) is 0 Å². The summed E-state index contributed by atoms with van der Waals surface area (Å²) in [4.78, 5) is 27.6. The van der Waals surface area contributed by atoms with Gasteiger partial charge in [-0.25, -0.2) is 0 Å². The van der Waals surface area contributed by atoms with Crippen LogP contribution in [0.4, 0.5) is 0 Å². The van der Waals surface area contributed by atoms with Crippen molar-refractivity contribution in [3.05, 3.63) is 70.9 Å². The third kappa shape index (κ3) is 4.24. The molecule has 3 N–H and O–H groups in total. The number of aromatic amines is 1. The number of benzene rings is 2. The molecular formula is C20H20ClN3O2. The van der Waals surface area contributed by atoms with Gasteiger partial charge in [0.25, 0.3) is 5.91 Å². The number of fused-ring (bicyclic) bond motifs is 1. The van der Waals surface area contributed by atoms with E-state index in [0.717, 1.165) is 16.5 Å². The number of para-hydroxylation sites is 1. The normalized spacial score (nSPS) is 11.9. The number of hydrogen-bond acceptors (Lipinski definition) is 2. The van der Waals surface area contributed by atoms with Crippen molar-refractivity contribution in [2.45, 2.75) is 19.4 Å². The molecule has 1 heterocycles. The van der Waals surface area contributed by atoms with E-state index in [9.17, 15) is 9.59 Å². The van der Waals surface area contributed by atoms with Crippen LogP contribution in [0.5, 0.6) is 0 Å². The summed E-state index contributed by atoms with van der Waals surface area (Å²) in [5.41, 5.74) is 2.70. The van der Waals surface area contributed by atoms with Crippen LogP contribution in [-0.4, -0.2) is 29.4 Å². The van der Waals surface area contributed by atoms with Crippen molar-refractivity contribution in [2.75, 3.05) is 6.54 Å². The first-order chi connectivity index (χ1) is 12.5. The maximum atomic E-state index is 12.2. The monoisotopic (exact) mass is 369 g/mol. The zero-order chi connectivity index (χ0) is 18.5. The molecule has 5 nitrogen and oxygen atoms in total. The minimum atomic E-state index is -0.624. The molecule has 0 saturated carbocycles. The van der Waals surface area contributed by atoms with E-state index in [0.29, 0.717) is 23.6 Å². The minimum Gasteiger partial charge on any atom is -0.361 e. The number of aromatic nitrogens is 1. The Morgan fingerprint density at radius 2 is 1.85 bits per heavy atom. The van der Waals surface area contributed by atoms with Crippen LogP contribution in [0.1, 0.15) is 22.8 Å². The highest BCUT2D eigenvalue weighted by molar-refractivity contribution is 6.30. The fraction of sp³-hybridized carbons (Fsp3) is 0.200. The molecule has 0 saturated heterocycles. The second kappa shape index (κ2) is 8.06. The van der Waals surface area contributed by atoms with Gasteiger partial charge in [-0.1, -0.05) is 29.8 Å². The van der Waals surface area contributed by atoms with E-state index in [2.05, 4.69) is 21.7 Å². The van der Waals surface area contributed by atoms with Gasteiger partial charge in [0.05, 0.1) is 0 Å². The highest BCUT2D eigenvalue weighted by Crippen LogP contribution is 2.17. The van der Waals surface area contributed by atoms with Crippen LogP contribution in [0.25, 0.3) is 10.9 Å². The maximum Gasteiger partial charge on any atom is 0.251 e. The number of carbonyl (C=O) groups excluding carboxylic acids is 2. The van der Waals surface area contributed by atoms with Crippen LogP contribution in [0.3, 0.4) is 0 Å². The molecule has 0 fully saturated rings. The van der Waals surface area contributed by atoms with E-state index in [1.54, 1.807) is 31.2 Å². The molecule has 1 aromatic heterocycles. The van der Waals surface area contributed by atoms with E-state index in [-0.39, 0.29) is 11.8 Å². The molecule has 0 radical (unpaired) electrons. The lowest BCUT2D eigenvalue weighted by atomic mass is 10.1. The molecule has 6 heteroatoms. The lowest BCUT2D eigenvalue weighted by Gasteiger charge is -2.14. The first kappa shape index (κ1) is 18.0. The van der Waals surface area contributed by atoms with E-state index < -0.39 is 6.04 Å². The van der Waals surface area contributed by atoms with Gasteiger partial charge < -0.3 is 15.6 Å². The fourth-order valence-corrected chi connectivity index (χ4v) is 2.88. The molecule has 0 spiro atoms. The van der Waals surface area contributed by atoms with E-state index in [1.165, 1.54) is 0 Å². The average molecular weight is 370 g/mol. The summed E-state index contributed by atoms with van der Waals surface area (Å²) < 4.78 is 0. The zero-order valence-electron chi connectivity index (χ0n) is 14.4. The van der Waals surface area contributed by atoms with Gasteiger partial charge in [0.2, 0.25) is 5.91 Å². The molecule has 3 rings (SSSR count). The Morgan fingerprint density at radius 1 is 1.12 bits per heavy atom. The van der Waals surface area contributed by atoms with E-state index in [1.807, 2.05) is 24.4 Å². The second-order valence-corrected chi connectivity index (χ2v) is 6.54. The first-order valence-corrected chi connectivity index (χ1v) is 8.81. The SMILES string of the molecule is CC(NC(=O)c1ccc(Cl)cc1)C(=O)NCCc1c[nH]c2ccccc12. The number of H-pyrrole nitrogens is 1. The summed E-state index contributed by atoms with van der Waals surface area (Å²) in [6.45, 7) is 2.16. The summed E-state index contributed by atoms with van der Waals surface area (Å²) in [5.74, 6) is -0.520. The molecule has 26 heavy (non-hydrogen) atoms. The highest BCUT2D eigenvalue weighted by Gasteiger charge is 2.16. The molecule has 1 unspecified atom stereocenters. The summed E-state index contributed by atoms with van der Waals surface area (Å²) in [6.07, 6.45) is 2.68. The van der Waals surface area contributed by atoms with Crippen LogP contribution in [0, 0.1) is 0 Å². The van der Waals surface area contributed by atoms with Crippen molar-refractivity contribution in [1.29, 1.82) is 0 Å². The zero-order valence-corrected chi connectivity index (χ0v) is 15.1. The van der Waals surface area contributed by atoms with Crippen molar-refractivity contribution in [2.24, 2.45) is 0 Å². The van der Waals surface area contributed by atoms with Crippen molar-refractivity contribution in [1.82, 2.24) is 15.6 Å². The van der Waals surface area contributed by atoms with E-state index >= 15 is 0 Å². The Labute approximate surface area is 156 Å². The molecule has 3 aromatic rings. The van der Waals surface area contributed by atoms with Crippen molar-refractivity contribution < 1.29 is 9.59 Å². The Morgan fingerprint density at radius 3 is 2.62 bits per heavy atom. The molecule has 0 aliphatic rings. The van der Waals surface area contributed by atoms with Gasteiger partial charge in [0, 0.05) is 34.2 Å². The second-order valence-electron chi connectivity index (χ2n) is 6.10. The summed E-state index contributed by atoms with van der Waals surface area (Å²) >= 11 is 5.81. The highest BCUT2D eigenvalue weighted by atomic mass is 35.5. The largest absolute Gasteiger partial charge is 0.361 e. The maximum absolute atomic E-state index is 12.2. The number of rotatable bonds is 6. The Bertz CT molecular complexity index is 918. The van der Waals surface area contributed by atoms with Crippen LogP contribution in [-0.2, 0) is 11.2 Å². The van der Waals surface area contributed by atoms with Crippen LogP contribution in [0.2, 0.25) is 5.02 Å². The van der Waals surface area contributed by atoms with Gasteiger partial charge in [0.1, 0.15) is 6.04 Å². The average Bonchev–Trinajstić information content (AvgIpc) is 3.05. The van der Waals surface area contributed by atoms with Gasteiger partial charge in [-0.05, 0) is 49.2 Å². The Balaban J connectivity index is 1.49. The quantitative estimate of drug-likeness (QED) is 0.623. The van der Waals surface area contributed by atoms with Gasteiger partial charge in [-0.3, -0.25) is 9.59 Å². The minimum absolute atomic E-state index is 0.216. The predicted molar refractivity (Wildman–Crippen MR) is 103 cm³/mol. The standard InChI is InChI=1S/C20H20ClN3O2/c1-13(24-20(26)14-6-8-16(21)9-7-14)19(25)22-11-10-15-12-23-18-5-3-2-4-17(15)18/h2-9,12-13,23H,10-11H2,1H3,(H,22,25)(H,24,26). The molecule has 0 aliphatic heterocycles. The number of hydrogen-bond donors (Lipinski definition) is 3. The fourth-order valence-electron chi connectivity index (χ4n) is 2.76. The third-order valence-electron chi connectivity index (χ3n) is 4.22. The topological polar surface area (TPSA) is 74.0 Å². The van der Waals surface area contributed by atoms with Crippen molar-refractivity contribution in [3.8, 4) is 0 Å². The third-order valence-corrected chi connectivity index (χ3v) is 4.47. The van der Waals surface area contributed by atoms with Gasteiger partial charge in [-0.2, -0.15) is 0 Å². The molecule has 2 amide bonds. The van der Waals surface area contributed by atoms with Gasteiger partial charge >= 0.3 is 0 Å². The van der Waals surface area contributed by atoms with Gasteiger partial charge in [-0.15, -0.1) is 0 Å². The summed E-state index contributed by atoms with van der Waals surface area (Å²) in [7, 11) is 0. The number of nitrogens with one attached hydrogen (secondary N) is 3. The van der Waals surface area contributed by atoms with Crippen LogP contribution >= 0.6 is 11.6 Å². The van der Waals surface area contributed by atoms with Crippen molar-refractivity contribution >= 4 is 34.3 Å².